The van der Waals surface area contributed by atoms with Crippen molar-refractivity contribution in [1.29, 1.82) is 0 Å². The van der Waals surface area contributed by atoms with Gasteiger partial charge in [-0.15, -0.1) is 24.2 Å². The lowest BCUT2D eigenvalue weighted by atomic mass is 10.3. The molecule has 2 amide bonds. The molecule has 1 aromatic carbocycles. The number of rotatable bonds is 9. The number of anilines is 1. The van der Waals surface area contributed by atoms with Gasteiger partial charge in [0, 0.05) is 17.1 Å². The number of amides is 2. The summed E-state index contributed by atoms with van der Waals surface area (Å²) >= 11 is 1.52. The molecular formula is C15H22ClN3O2S. The minimum absolute atomic E-state index is 0. The Hall–Kier alpha value is -1.24. The number of carbonyl (C=O) groups is 2. The van der Waals surface area contributed by atoms with Gasteiger partial charge < -0.3 is 16.4 Å². The van der Waals surface area contributed by atoms with Crippen LogP contribution in [0.1, 0.15) is 19.3 Å². The summed E-state index contributed by atoms with van der Waals surface area (Å²) in [6.45, 7) is 1.25. The van der Waals surface area contributed by atoms with E-state index in [9.17, 15) is 9.59 Å². The van der Waals surface area contributed by atoms with Crippen molar-refractivity contribution in [1.82, 2.24) is 5.32 Å². The Bertz CT molecular complexity index is 509. The van der Waals surface area contributed by atoms with Crippen LogP contribution in [0.5, 0.6) is 0 Å². The number of thioether (sulfide) groups is 1. The molecule has 1 fully saturated rings. The van der Waals surface area contributed by atoms with Crippen LogP contribution in [0.3, 0.4) is 0 Å². The molecule has 0 heterocycles. The van der Waals surface area contributed by atoms with E-state index in [0.29, 0.717) is 18.7 Å². The fraction of sp³-hybridized carbons (Fsp3) is 0.467. The van der Waals surface area contributed by atoms with E-state index in [4.69, 9.17) is 5.73 Å². The molecule has 5 nitrogen and oxygen atoms in total. The molecule has 1 aliphatic rings. The summed E-state index contributed by atoms with van der Waals surface area (Å²) < 4.78 is 0. The lowest BCUT2D eigenvalue weighted by Gasteiger charge is -2.11. The highest BCUT2D eigenvalue weighted by Crippen LogP contribution is 2.28. The monoisotopic (exact) mass is 343 g/mol. The maximum atomic E-state index is 11.9. The summed E-state index contributed by atoms with van der Waals surface area (Å²) in [5.41, 5.74) is 5.91. The van der Waals surface area contributed by atoms with Crippen molar-refractivity contribution in [2.75, 3.05) is 24.2 Å². The van der Waals surface area contributed by atoms with Gasteiger partial charge in [0.05, 0.1) is 12.2 Å². The topological polar surface area (TPSA) is 84.2 Å². The standard InChI is InChI=1S/C15H21N3O2S.ClH/c16-14(19)7-8-21-13-4-2-1-3-12(13)18-15(20)10-17-9-11-5-6-11;/h1-4,11,17H,5-10H2,(H2,16,19)(H,18,20);1H. The minimum atomic E-state index is -0.312. The lowest BCUT2D eigenvalue weighted by Crippen LogP contribution is -2.29. The molecule has 0 aliphatic heterocycles. The minimum Gasteiger partial charge on any atom is -0.370 e. The van der Waals surface area contributed by atoms with Crippen molar-refractivity contribution in [3.8, 4) is 0 Å². The zero-order valence-corrected chi connectivity index (χ0v) is 14.0. The van der Waals surface area contributed by atoms with E-state index >= 15 is 0 Å². The van der Waals surface area contributed by atoms with Gasteiger partial charge in [0.15, 0.2) is 0 Å². The number of benzene rings is 1. The molecule has 0 atom stereocenters. The van der Waals surface area contributed by atoms with E-state index < -0.39 is 0 Å². The Morgan fingerprint density at radius 2 is 2.00 bits per heavy atom. The van der Waals surface area contributed by atoms with Gasteiger partial charge in [-0.25, -0.2) is 0 Å². The summed E-state index contributed by atoms with van der Waals surface area (Å²) in [5, 5.41) is 6.07. The number of halogens is 1. The zero-order chi connectivity index (χ0) is 15.1. The lowest BCUT2D eigenvalue weighted by molar-refractivity contribution is -0.117. The van der Waals surface area contributed by atoms with Gasteiger partial charge in [0.25, 0.3) is 0 Å². The van der Waals surface area contributed by atoms with E-state index in [1.807, 2.05) is 24.3 Å². The molecule has 0 radical (unpaired) electrons. The quantitative estimate of drug-likeness (QED) is 0.599. The first-order valence-electron chi connectivity index (χ1n) is 7.16. The number of hydrogen-bond donors (Lipinski definition) is 3. The Kier molecular flexibility index (Phi) is 8.30. The number of carbonyl (C=O) groups excluding carboxylic acids is 2. The van der Waals surface area contributed by atoms with E-state index in [-0.39, 0.29) is 24.2 Å². The van der Waals surface area contributed by atoms with Crippen molar-refractivity contribution in [2.45, 2.75) is 24.2 Å². The third kappa shape index (κ3) is 7.15. The molecule has 0 aromatic heterocycles. The van der Waals surface area contributed by atoms with E-state index in [2.05, 4.69) is 10.6 Å². The van der Waals surface area contributed by atoms with Crippen LogP contribution in [-0.2, 0) is 9.59 Å². The largest absolute Gasteiger partial charge is 0.370 e. The predicted molar refractivity (Wildman–Crippen MR) is 92.4 cm³/mol. The number of hydrogen-bond acceptors (Lipinski definition) is 4. The van der Waals surface area contributed by atoms with Crippen LogP contribution in [0.4, 0.5) is 5.69 Å². The third-order valence-corrected chi connectivity index (χ3v) is 4.26. The van der Waals surface area contributed by atoms with Crippen LogP contribution in [0.15, 0.2) is 29.2 Å². The summed E-state index contributed by atoms with van der Waals surface area (Å²) in [6, 6.07) is 7.59. The van der Waals surface area contributed by atoms with Gasteiger partial charge in [0.2, 0.25) is 11.8 Å². The molecule has 4 N–H and O–H groups in total. The van der Waals surface area contributed by atoms with Crippen molar-refractivity contribution < 1.29 is 9.59 Å². The average molecular weight is 344 g/mol. The van der Waals surface area contributed by atoms with Gasteiger partial charge in [-0.1, -0.05) is 12.1 Å². The normalized spacial score (nSPS) is 13.3. The zero-order valence-electron chi connectivity index (χ0n) is 12.3. The highest BCUT2D eigenvalue weighted by Gasteiger charge is 2.20. The van der Waals surface area contributed by atoms with Gasteiger partial charge in [-0.3, -0.25) is 9.59 Å². The molecule has 0 saturated heterocycles. The Labute approximate surface area is 141 Å². The number of nitrogens with one attached hydrogen (secondary N) is 2. The number of nitrogens with two attached hydrogens (primary N) is 1. The maximum absolute atomic E-state index is 11.9. The molecule has 22 heavy (non-hydrogen) atoms. The first kappa shape index (κ1) is 18.8. The van der Waals surface area contributed by atoms with Crippen molar-refractivity contribution in [3.63, 3.8) is 0 Å². The van der Waals surface area contributed by atoms with E-state index in [1.165, 1.54) is 24.6 Å². The predicted octanol–water partition coefficient (Wildman–Crippen LogP) is 2.01. The van der Waals surface area contributed by atoms with Crippen LogP contribution in [-0.4, -0.2) is 30.7 Å². The highest BCUT2D eigenvalue weighted by atomic mass is 35.5. The molecule has 1 saturated carbocycles. The summed E-state index contributed by atoms with van der Waals surface area (Å²) in [5.74, 6) is 1.02. The van der Waals surface area contributed by atoms with E-state index in [0.717, 1.165) is 23.0 Å². The third-order valence-electron chi connectivity index (χ3n) is 3.18. The highest BCUT2D eigenvalue weighted by molar-refractivity contribution is 7.99. The van der Waals surface area contributed by atoms with Gasteiger partial charge >= 0.3 is 0 Å². The summed E-state index contributed by atoms with van der Waals surface area (Å²) in [7, 11) is 0. The molecule has 0 unspecified atom stereocenters. The Morgan fingerprint density at radius 3 is 2.68 bits per heavy atom. The molecule has 7 heteroatoms. The first-order chi connectivity index (χ1) is 10.1. The average Bonchev–Trinajstić information content (AvgIpc) is 3.24. The van der Waals surface area contributed by atoms with Gasteiger partial charge in [-0.05, 0) is 37.4 Å². The van der Waals surface area contributed by atoms with Crippen molar-refractivity contribution >= 4 is 41.7 Å². The first-order valence-corrected chi connectivity index (χ1v) is 8.14. The summed E-state index contributed by atoms with van der Waals surface area (Å²) in [6.07, 6.45) is 2.87. The van der Waals surface area contributed by atoms with Gasteiger partial charge in [0.1, 0.15) is 0 Å². The molecule has 122 valence electrons. The van der Waals surface area contributed by atoms with Crippen LogP contribution in [0, 0.1) is 5.92 Å². The second-order valence-corrected chi connectivity index (χ2v) is 6.32. The molecule has 2 rings (SSSR count). The number of para-hydroxylation sites is 1. The van der Waals surface area contributed by atoms with Crippen LogP contribution < -0.4 is 16.4 Å². The van der Waals surface area contributed by atoms with Gasteiger partial charge in [-0.2, -0.15) is 0 Å². The molecule has 0 spiro atoms. The summed E-state index contributed by atoms with van der Waals surface area (Å²) in [4.78, 5) is 23.6. The maximum Gasteiger partial charge on any atom is 0.238 e. The smallest absolute Gasteiger partial charge is 0.238 e. The van der Waals surface area contributed by atoms with Crippen LogP contribution in [0.2, 0.25) is 0 Å². The van der Waals surface area contributed by atoms with E-state index in [1.54, 1.807) is 0 Å². The Morgan fingerprint density at radius 1 is 1.27 bits per heavy atom. The van der Waals surface area contributed by atoms with Crippen molar-refractivity contribution in [3.05, 3.63) is 24.3 Å². The van der Waals surface area contributed by atoms with Crippen LogP contribution in [0.25, 0.3) is 0 Å². The Balaban J connectivity index is 0.00000242. The molecule has 0 bridgehead atoms. The molecule has 1 aliphatic carbocycles. The van der Waals surface area contributed by atoms with Crippen molar-refractivity contribution in [2.24, 2.45) is 11.7 Å². The number of primary amides is 1. The van der Waals surface area contributed by atoms with Crippen LogP contribution >= 0.6 is 24.2 Å². The second-order valence-electron chi connectivity index (χ2n) is 5.18. The second kappa shape index (κ2) is 9.71. The fourth-order valence-electron chi connectivity index (χ4n) is 1.86. The molecule has 1 aromatic rings. The molecular weight excluding hydrogens is 322 g/mol. The SMILES string of the molecule is Cl.NC(=O)CCSc1ccccc1NC(=O)CNCC1CC1. The fourth-order valence-corrected chi connectivity index (χ4v) is 2.84.